The van der Waals surface area contributed by atoms with Crippen molar-refractivity contribution < 1.29 is 26.9 Å². The zero-order valence-corrected chi connectivity index (χ0v) is 30.2. The van der Waals surface area contributed by atoms with E-state index in [0.717, 1.165) is 42.8 Å². The molecule has 2 aromatic rings. The number of fused-ring (bicyclic) bond motifs is 4. The van der Waals surface area contributed by atoms with Crippen molar-refractivity contribution in [1.82, 2.24) is 4.72 Å². The number of hydrogen-bond acceptors (Lipinski definition) is 7. The van der Waals surface area contributed by atoms with Crippen molar-refractivity contribution in [2.24, 2.45) is 17.8 Å². The third-order valence-electron chi connectivity index (χ3n) is 11.2. The smallest absolute Gasteiger partial charge is 0.262 e. The fourth-order valence-electron chi connectivity index (χ4n) is 8.29. The standard InChI is InChI=1S/C36H47ClN2O6S2/c1-24-8-6-17-36(44-3,23-46(4,41)42)31-13-10-28(31)20-39-21-35(16-7-9-26-18-29(37)12-14-30(26)35)22-45-33-15-11-27(19-32(33)39)34(40)38-47(5,43)25(24)2/h6,11-12,14-15,17-19,24-25,28,31H,5,7-10,13,16,20-23H2,1-4H3,(H,38,40,43)/b17-6+/t24-,25+,28-,31+,35-,36+,47?/m0/s1. The van der Waals surface area contributed by atoms with Crippen molar-refractivity contribution in [3.8, 4) is 5.75 Å². The number of nitrogens with one attached hydrogen (secondary N) is 1. The molecule has 4 aliphatic rings. The molecule has 8 nitrogen and oxygen atoms in total. The Morgan fingerprint density at radius 3 is 2.68 bits per heavy atom. The molecule has 1 N–H and O–H groups in total. The highest BCUT2D eigenvalue weighted by Gasteiger charge is 2.50. The number of carbonyl (C=O) groups excluding carboxylic acids is 1. The summed E-state index contributed by atoms with van der Waals surface area (Å²) in [7, 11) is -4.82. The Morgan fingerprint density at radius 1 is 1.19 bits per heavy atom. The number of aryl methyl sites for hydroxylation is 1. The van der Waals surface area contributed by atoms with E-state index < -0.39 is 36.3 Å². The zero-order chi connectivity index (χ0) is 33.8. The van der Waals surface area contributed by atoms with E-state index in [1.54, 1.807) is 13.2 Å². The van der Waals surface area contributed by atoms with E-state index in [1.807, 2.05) is 44.2 Å². The number of halogens is 1. The Labute approximate surface area is 285 Å². The van der Waals surface area contributed by atoms with Gasteiger partial charge in [-0.05, 0) is 111 Å². The first kappa shape index (κ1) is 34.3. The molecule has 6 rings (SSSR count). The van der Waals surface area contributed by atoms with E-state index in [9.17, 15) is 17.4 Å². The van der Waals surface area contributed by atoms with Crippen LogP contribution in [0.1, 0.15) is 67.4 Å². The maximum absolute atomic E-state index is 13.8. The molecule has 1 spiro atoms. The van der Waals surface area contributed by atoms with Gasteiger partial charge in [-0.25, -0.2) is 12.6 Å². The highest BCUT2D eigenvalue weighted by atomic mass is 35.5. The van der Waals surface area contributed by atoms with Crippen molar-refractivity contribution in [2.75, 3.05) is 43.7 Å². The summed E-state index contributed by atoms with van der Waals surface area (Å²) in [5.41, 5.74) is 2.35. The maximum Gasteiger partial charge on any atom is 0.262 e. The summed E-state index contributed by atoms with van der Waals surface area (Å²) in [4.78, 5) is 16.0. The number of carbonyl (C=O) groups is 1. The molecule has 2 aromatic carbocycles. The molecule has 2 aliphatic heterocycles. The molecule has 11 heteroatoms. The molecule has 1 unspecified atom stereocenters. The maximum atomic E-state index is 13.8. The van der Waals surface area contributed by atoms with Crippen molar-refractivity contribution in [2.45, 2.75) is 68.6 Å². The molecule has 1 amide bonds. The van der Waals surface area contributed by atoms with Crippen LogP contribution in [0, 0.1) is 17.8 Å². The summed E-state index contributed by atoms with van der Waals surface area (Å²) in [6, 6.07) is 11.6. The van der Waals surface area contributed by atoms with Gasteiger partial charge in [-0.3, -0.25) is 9.52 Å². The minimum atomic E-state index is -3.40. The lowest BCUT2D eigenvalue weighted by Crippen LogP contribution is -2.55. The Kier molecular flexibility index (Phi) is 9.30. The molecule has 1 saturated carbocycles. The van der Waals surface area contributed by atoms with E-state index >= 15 is 0 Å². The predicted octanol–water partition coefficient (Wildman–Crippen LogP) is 5.61. The van der Waals surface area contributed by atoms with Gasteiger partial charge in [0.25, 0.3) is 5.91 Å². The zero-order valence-electron chi connectivity index (χ0n) is 27.8. The van der Waals surface area contributed by atoms with Crippen LogP contribution in [0.4, 0.5) is 5.69 Å². The van der Waals surface area contributed by atoms with Crippen molar-refractivity contribution in [1.29, 1.82) is 0 Å². The van der Waals surface area contributed by atoms with Gasteiger partial charge < -0.3 is 14.4 Å². The summed E-state index contributed by atoms with van der Waals surface area (Å²) in [6.45, 7) is 5.58. The second-order valence-corrected chi connectivity index (χ2v) is 19.4. The summed E-state index contributed by atoms with van der Waals surface area (Å²) >= 11 is 6.44. The Balaban J connectivity index is 1.48. The first-order chi connectivity index (χ1) is 22.2. The average molecular weight is 703 g/mol. The first-order valence-electron chi connectivity index (χ1n) is 16.5. The molecule has 0 aromatic heterocycles. The lowest BCUT2D eigenvalue weighted by atomic mass is 9.64. The molecule has 2 bridgehead atoms. The molecule has 0 radical (unpaired) electrons. The number of methoxy groups -OCH3 is 1. The van der Waals surface area contributed by atoms with Crippen LogP contribution < -0.4 is 14.4 Å². The molecular formula is C36H47ClN2O6S2. The SMILES string of the molecule is C=S1(=O)NC(=O)c2ccc3c(c2)N(C[C@@H]2CC[C@H]2[C@@](CS(C)(=O)=O)(OC)/C=C/C[C@H](C)[C@H]1C)C[C@@]1(CCCc2cc(Cl)ccc21)CO3. The van der Waals surface area contributed by atoms with Gasteiger partial charge in [0.1, 0.15) is 11.4 Å². The lowest BCUT2D eigenvalue weighted by Gasteiger charge is -2.50. The monoisotopic (exact) mass is 702 g/mol. The van der Waals surface area contributed by atoms with Crippen LogP contribution in [0.2, 0.25) is 5.02 Å². The van der Waals surface area contributed by atoms with Crippen LogP contribution in [0.5, 0.6) is 5.75 Å². The molecule has 256 valence electrons. The van der Waals surface area contributed by atoms with Gasteiger partial charge in [0.05, 0.1) is 27.8 Å². The summed E-state index contributed by atoms with van der Waals surface area (Å²) in [6.07, 6.45) is 10.4. The Hall–Kier alpha value is -2.53. The van der Waals surface area contributed by atoms with Crippen LogP contribution in [0.3, 0.4) is 0 Å². The number of hydrogen-bond donors (Lipinski definition) is 1. The van der Waals surface area contributed by atoms with E-state index in [-0.39, 0.29) is 28.9 Å². The highest BCUT2D eigenvalue weighted by molar-refractivity contribution is 7.99. The van der Waals surface area contributed by atoms with E-state index in [0.29, 0.717) is 37.4 Å². The van der Waals surface area contributed by atoms with Crippen molar-refractivity contribution >= 4 is 48.6 Å². The molecule has 7 atom stereocenters. The minimum absolute atomic E-state index is 0.0383. The molecule has 47 heavy (non-hydrogen) atoms. The van der Waals surface area contributed by atoms with Crippen LogP contribution in [-0.4, -0.2) is 74.1 Å². The number of benzene rings is 2. The predicted molar refractivity (Wildman–Crippen MR) is 191 cm³/mol. The summed E-state index contributed by atoms with van der Waals surface area (Å²) in [5, 5.41) is 0.282. The lowest BCUT2D eigenvalue weighted by molar-refractivity contribution is -0.0596. The second kappa shape index (κ2) is 12.7. The number of rotatable bonds is 3. The molecule has 0 saturated heterocycles. The Morgan fingerprint density at radius 2 is 1.98 bits per heavy atom. The van der Waals surface area contributed by atoms with E-state index in [4.69, 9.17) is 21.1 Å². The van der Waals surface area contributed by atoms with Gasteiger partial charge in [0.2, 0.25) is 0 Å². The molecular weight excluding hydrogens is 656 g/mol. The number of anilines is 1. The normalized spacial score (nSPS) is 35.0. The number of amides is 1. The highest BCUT2D eigenvalue weighted by Crippen LogP contribution is 2.49. The number of sulfone groups is 1. The summed E-state index contributed by atoms with van der Waals surface area (Å²) < 4.78 is 55.1. The fourth-order valence-corrected chi connectivity index (χ4v) is 11.2. The van der Waals surface area contributed by atoms with Gasteiger partial charge >= 0.3 is 0 Å². The van der Waals surface area contributed by atoms with Crippen molar-refractivity contribution in [3.63, 3.8) is 0 Å². The number of allylic oxidation sites excluding steroid dienone is 1. The van der Waals surface area contributed by atoms with Gasteiger partial charge in [-0.1, -0.05) is 36.7 Å². The summed E-state index contributed by atoms with van der Waals surface area (Å²) in [5.74, 6) is 4.09. The molecule has 2 aliphatic carbocycles. The third kappa shape index (κ3) is 6.72. The Bertz CT molecular complexity index is 1790. The number of nitrogens with zero attached hydrogens (tertiary/aromatic N) is 1. The van der Waals surface area contributed by atoms with Crippen LogP contribution in [0.15, 0.2) is 48.6 Å². The molecule has 2 heterocycles. The average Bonchev–Trinajstić information content (AvgIpc) is 3.14. The first-order valence-corrected chi connectivity index (χ1v) is 20.8. The van der Waals surface area contributed by atoms with Crippen LogP contribution in [-0.2, 0) is 36.1 Å². The van der Waals surface area contributed by atoms with Gasteiger partial charge in [-0.15, -0.1) is 0 Å². The third-order valence-corrected chi connectivity index (χ3v) is 14.6. The topological polar surface area (TPSA) is 102 Å². The van der Waals surface area contributed by atoms with Crippen molar-refractivity contribution in [3.05, 3.63) is 70.3 Å². The van der Waals surface area contributed by atoms with Gasteiger partial charge in [0.15, 0.2) is 9.84 Å². The molecule has 1 fully saturated rings. The van der Waals surface area contributed by atoms with E-state index in [1.165, 1.54) is 17.4 Å². The van der Waals surface area contributed by atoms with E-state index in [2.05, 4.69) is 27.6 Å². The van der Waals surface area contributed by atoms with Gasteiger partial charge in [0, 0.05) is 47.7 Å². The fraction of sp³-hybridized carbons (Fsp3) is 0.556. The minimum Gasteiger partial charge on any atom is -0.490 e. The number of ether oxygens (including phenoxy) is 2. The van der Waals surface area contributed by atoms with Gasteiger partial charge in [-0.2, -0.15) is 0 Å². The van der Waals surface area contributed by atoms with Crippen LogP contribution in [0.25, 0.3) is 0 Å². The quantitative estimate of drug-likeness (QED) is 0.328. The largest absolute Gasteiger partial charge is 0.490 e. The second-order valence-electron chi connectivity index (χ2n) is 14.4. The van der Waals surface area contributed by atoms with Crippen LogP contribution >= 0.6 is 11.6 Å².